The molecule has 1 unspecified atom stereocenters. The smallest absolute Gasteiger partial charge is 0.174 e. The Balaban J connectivity index is 3.09. The number of ether oxygens (including phenoxy) is 1. The number of aliphatic hydroxyl groups excluding tert-OH is 1. The zero-order chi connectivity index (χ0) is 6.41. The molecule has 46 valence electrons. The van der Waals surface area contributed by atoms with E-state index >= 15 is 0 Å². The molecule has 0 bridgehead atoms. The molecule has 0 radical (unpaired) electrons. The van der Waals surface area contributed by atoms with Crippen LogP contribution in [0.5, 0.6) is 0 Å². The Bertz CT molecular complexity index is 78.6. The highest BCUT2D eigenvalue weighted by Crippen LogP contribution is 1.85. The minimum Gasteiger partial charge on any atom is -0.365 e. The molecular formula is C6H10O2. The first-order valence-electron chi connectivity index (χ1n) is 2.34. The first kappa shape index (κ1) is 7.40. The van der Waals surface area contributed by atoms with Crippen LogP contribution in [-0.4, -0.2) is 18.0 Å². The zero-order valence-electron chi connectivity index (χ0n) is 4.71. The Labute approximate surface area is 49.1 Å². The monoisotopic (exact) mass is 114 g/mol. The molecule has 2 heteroatoms. The van der Waals surface area contributed by atoms with Gasteiger partial charge in [-0.1, -0.05) is 12.7 Å². The van der Waals surface area contributed by atoms with Gasteiger partial charge in [-0.25, -0.2) is 0 Å². The first-order chi connectivity index (χ1) is 3.81. The van der Waals surface area contributed by atoms with Crippen LogP contribution in [0.15, 0.2) is 25.3 Å². The van der Waals surface area contributed by atoms with Crippen LogP contribution >= 0.6 is 0 Å². The molecule has 0 rings (SSSR count). The third-order valence-electron chi connectivity index (χ3n) is 0.586. The predicted octanol–water partition coefficient (Wildman–Crippen LogP) is 0.693. The molecule has 0 heterocycles. The van der Waals surface area contributed by atoms with Crippen molar-refractivity contribution in [3.63, 3.8) is 0 Å². The molecule has 0 aromatic heterocycles. The van der Waals surface area contributed by atoms with Gasteiger partial charge in [0.05, 0.1) is 6.61 Å². The van der Waals surface area contributed by atoms with Crippen LogP contribution in [-0.2, 0) is 4.74 Å². The summed E-state index contributed by atoms with van der Waals surface area (Å²) < 4.78 is 4.66. The van der Waals surface area contributed by atoms with Crippen LogP contribution in [0.2, 0.25) is 0 Å². The second kappa shape index (κ2) is 4.56. The normalized spacial score (nSPS) is 12.6. The highest BCUT2D eigenvalue weighted by atomic mass is 16.6. The number of rotatable bonds is 4. The molecule has 0 fully saturated rings. The van der Waals surface area contributed by atoms with Gasteiger partial charge in [0.2, 0.25) is 0 Å². The lowest BCUT2D eigenvalue weighted by Gasteiger charge is -2.01. The summed E-state index contributed by atoms with van der Waals surface area (Å²) in [6, 6.07) is 0. The molecule has 2 nitrogen and oxygen atoms in total. The fourth-order valence-electron chi connectivity index (χ4n) is 0.235. The highest BCUT2D eigenvalue weighted by molar-refractivity contribution is 4.72. The summed E-state index contributed by atoms with van der Waals surface area (Å²) in [5.74, 6) is 0. The van der Waals surface area contributed by atoms with E-state index in [-0.39, 0.29) is 0 Å². The maximum Gasteiger partial charge on any atom is 0.174 e. The fraction of sp³-hybridized carbons (Fsp3) is 0.333. The molecule has 0 aromatic rings. The molecule has 8 heavy (non-hydrogen) atoms. The molecule has 0 aliphatic rings. The van der Waals surface area contributed by atoms with Crippen molar-refractivity contribution in [3.8, 4) is 0 Å². The zero-order valence-corrected chi connectivity index (χ0v) is 4.71. The SMILES string of the molecule is C=CCOC(O)C=C. The molecule has 0 saturated heterocycles. The predicted molar refractivity (Wildman–Crippen MR) is 32.4 cm³/mol. The molecule has 0 aliphatic carbocycles. The van der Waals surface area contributed by atoms with E-state index in [0.29, 0.717) is 6.61 Å². The van der Waals surface area contributed by atoms with Crippen molar-refractivity contribution >= 4 is 0 Å². The number of hydrogen-bond acceptors (Lipinski definition) is 2. The van der Waals surface area contributed by atoms with E-state index < -0.39 is 6.29 Å². The van der Waals surface area contributed by atoms with E-state index in [1.807, 2.05) is 0 Å². The Hall–Kier alpha value is -0.600. The topological polar surface area (TPSA) is 29.5 Å². The molecule has 1 N–H and O–H groups in total. The van der Waals surface area contributed by atoms with Crippen LogP contribution in [0.4, 0.5) is 0 Å². The second-order valence-electron chi connectivity index (χ2n) is 1.25. The molecule has 0 aliphatic heterocycles. The number of hydrogen-bond donors (Lipinski definition) is 1. The third-order valence-corrected chi connectivity index (χ3v) is 0.586. The van der Waals surface area contributed by atoms with Crippen LogP contribution in [0.3, 0.4) is 0 Å². The molecule has 0 saturated carbocycles. The van der Waals surface area contributed by atoms with Crippen molar-refractivity contribution in [2.75, 3.05) is 6.61 Å². The molecule has 0 spiro atoms. The summed E-state index contributed by atoms with van der Waals surface area (Å²) in [5, 5.41) is 8.60. The summed E-state index contributed by atoms with van der Waals surface area (Å²) in [6.07, 6.45) is 2.02. The van der Waals surface area contributed by atoms with Crippen LogP contribution in [0.25, 0.3) is 0 Å². The Morgan fingerprint density at radius 1 is 1.62 bits per heavy atom. The van der Waals surface area contributed by atoms with Gasteiger partial charge in [-0.3, -0.25) is 0 Å². The van der Waals surface area contributed by atoms with Gasteiger partial charge in [-0.05, 0) is 6.08 Å². The number of aliphatic hydroxyl groups is 1. The summed E-state index contributed by atoms with van der Waals surface area (Å²) in [6.45, 7) is 7.06. The van der Waals surface area contributed by atoms with Crippen molar-refractivity contribution in [1.29, 1.82) is 0 Å². The fourth-order valence-corrected chi connectivity index (χ4v) is 0.235. The van der Waals surface area contributed by atoms with E-state index in [0.717, 1.165) is 0 Å². The maximum atomic E-state index is 8.60. The minimum absolute atomic E-state index is 0.354. The van der Waals surface area contributed by atoms with Gasteiger partial charge in [-0.15, -0.1) is 6.58 Å². The molecular weight excluding hydrogens is 104 g/mol. The van der Waals surface area contributed by atoms with Crippen LogP contribution < -0.4 is 0 Å². The van der Waals surface area contributed by atoms with Gasteiger partial charge in [-0.2, -0.15) is 0 Å². The van der Waals surface area contributed by atoms with Gasteiger partial charge in [0.1, 0.15) is 0 Å². The van der Waals surface area contributed by atoms with E-state index in [1.54, 1.807) is 6.08 Å². The lowest BCUT2D eigenvalue weighted by atomic mass is 10.6. The molecule has 0 amide bonds. The van der Waals surface area contributed by atoms with Crippen LogP contribution in [0.1, 0.15) is 0 Å². The summed E-state index contributed by atoms with van der Waals surface area (Å²) >= 11 is 0. The standard InChI is InChI=1S/C6H10O2/c1-3-5-8-6(7)4-2/h3-4,6-7H,1-2,5H2. The molecule has 0 aromatic carbocycles. The summed E-state index contributed by atoms with van der Waals surface area (Å²) in [4.78, 5) is 0. The molecule has 1 atom stereocenters. The average molecular weight is 114 g/mol. The highest BCUT2D eigenvalue weighted by Gasteiger charge is 1.90. The summed E-state index contributed by atoms with van der Waals surface area (Å²) in [7, 11) is 0. The van der Waals surface area contributed by atoms with Crippen molar-refractivity contribution in [3.05, 3.63) is 25.3 Å². The average Bonchev–Trinajstić information content (AvgIpc) is 1.83. The van der Waals surface area contributed by atoms with Gasteiger partial charge in [0.15, 0.2) is 6.29 Å². The van der Waals surface area contributed by atoms with E-state index in [2.05, 4.69) is 17.9 Å². The minimum atomic E-state index is -0.854. The van der Waals surface area contributed by atoms with Crippen LogP contribution in [0, 0.1) is 0 Å². The van der Waals surface area contributed by atoms with E-state index in [4.69, 9.17) is 5.11 Å². The van der Waals surface area contributed by atoms with Gasteiger partial charge < -0.3 is 9.84 Å². The second-order valence-corrected chi connectivity index (χ2v) is 1.25. The van der Waals surface area contributed by atoms with Gasteiger partial charge in [0.25, 0.3) is 0 Å². The van der Waals surface area contributed by atoms with E-state index in [9.17, 15) is 0 Å². The van der Waals surface area contributed by atoms with Crippen molar-refractivity contribution < 1.29 is 9.84 Å². The van der Waals surface area contributed by atoms with E-state index in [1.165, 1.54) is 6.08 Å². The lowest BCUT2D eigenvalue weighted by molar-refractivity contribution is -0.0519. The Morgan fingerprint density at radius 3 is 2.62 bits per heavy atom. The van der Waals surface area contributed by atoms with Crippen molar-refractivity contribution in [1.82, 2.24) is 0 Å². The lowest BCUT2D eigenvalue weighted by Crippen LogP contribution is -2.06. The first-order valence-corrected chi connectivity index (χ1v) is 2.34. The summed E-state index contributed by atoms with van der Waals surface area (Å²) in [5.41, 5.74) is 0. The largest absolute Gasteiger partial charge is 0.365 e. The maximum absolute atomic E-state index is 8.60. The van der Waals surface area contributed by atoms with Crippen molar-refractivity contribution in [2.45, 2.75) is 6.29 Å². The van der Waals surface area contributed by atoms with Gasteiger partial charge in [0, 0.05) is 0 Å². The Morgan fingerprint density at radius 2 is 2.25 bits per heavy atom. The Kier molecular flexibility index (Phi) is 4.21. The third kappa shape index (κ3) is 3.59. The van der Waals surface area contributed by atoms with Gasteiger partial charge >= 0.3 is 0 Å². The van der Waals surface area contributed by atoms with Crippen molar-refractivity contribution in [2.24, 2.45) is 0 Å². The quantitative estimate of drug-likeness (QED) is 0.430.